The molecule has 0 aromatic heterocycles. The molecule has 104 valence electrons. The fourth-order valence-corrected chi connectivity index (χ4v) is 2.50. The highest BCUT2D eigenvalue weighted by Crippen LogP contribution is 2.35. The van der Waals surface area contributed by atoms with Crippen LogP contribution in [0.1, 0.15) is 24.5 Å². The molecule has 0 bridgehead atoms. The zero-order valence-corrected chi connectivity index (χ0v) is 11.7. The molecule has 20 heavy (non-hydrogen) atoms. The van der Waals surface area contributed by atoms with Crippen molar-refractivity contribution in [3.8, 4) is 11.5 Å². The first-order valence-electron chi connectivity index (χ1n) is 7.07. The number of fused-ring (bicyclic) bond motifs is 1. The zero-order valence-electron chi connectivity index (χ0n) is 11.7. The molecule has 1 heterocycles. The summed E-state index contributed by atoms with van der Waals surface area (Å²) in [6.45, 7) is 3.26. The summed E-state index contributed by atoms with van der Waals surface area (Å²) in [7, 11) is 0. The summed E-state index contributed by atoms with van der Waals surface area (Å²) in [5.74, 6) is 1.71. The van der Waals surface area contributed by atoms with E-state index >= 15 is 0 Å². The van der Waals surface area contributed by atoms with Gasteiger partial charge in [-0.1, -0.05) is 43.7 Å². The predicted molar refractivity (Wildman–Crippen MR) is 80.3 cm³/mol. The van der Waals surface area contributed by atoms with Gasteiger partial charge in [0.15, 0.2) is 11.5 Å². The second-order valence-corrected chi connectivity index (χ2v) is 4.91. The fraction of sp³-hybridized carbons (Fsp3) is 0.294. The summed E-state index contributed by atoms with van der Waals surface area (Å²) >= 11 is 0. The molecule has 1 aliphatic rings. The summed E-state index contributed by atoms with van der Waals surface area (Å²) in [6.07, 6.45) is 2.24. The number of hydrogen-bond donors (Lipinski definition) is 1. The molecule has 1 aliphatic heterocycles. The van der Waals surface area contributed by atoms with E-state index in [9.17, 15) is 0 Å². The molecule has 0 unspecified atom stereocenters. The van der Waals surface area contributed by atoms with E-state index in [0.717, 1.165) is 36.4 Å². The van der Waals surface area contributed by atoms with Gasteiger partial charge in [0.05, 0.1) is 0 Å². The molecule has 2 aromatic carbocycles. The van der Waals surface area contributed by atoms with Crippen molar-refractivity contribution in [3.63, 3.8) is 0 Å². The molecular formula is C17H19NO2. The number of aryl methyl sites for hydroxylation is 1. The molecule has 0 saturated heterocycles. The van der Waals surface area contributed by atoms with Crippen molar-refractivity contribution in [2.75, 3.05) is 12.1 Å². The first-order chi connectivity index (χ1) is 9.88. The van der Waals surface area contributed by atoms with Gasteiger partial charge >= 0.3 is 0 Å². The molecule has 3 nitrogen and oxygen atoms in total. The van der Waals surface area contributed by atoms with Crippen LogP contribution >= 0.6 is 0 Å². The van der Waals surface area contributed by atoms with Crippen molar-refractivity contribution < 1.29 is 9.47 Å². The van der Waals surface area contributed by atoms with E-state index in [1.54, 1.807) is 0 Å². The van der Waals surface area contributed by atoms with Crippen LogP contribution in [0.3, 0.4) is 0 Å². The van der Waals surface area contributed by atoms with Gasteiger partial charge in [0, 0.05) is 17.8 Å². The van der Waals surface area contributed by atoms with Gasteiger partial charge < -0.3 is 14.8 Å². The molecule has 2 aromatic rings. The van der Waals surface area contributed by atoms with E-state index in [1.807, 2.05) is 12.1 Å². The van der Waals surface area contributed by atoms with Crippen molar-refractivity contribution in [2.24, 2.45) is 0 Å². The van der Waals surface area contributed by atoms with Gasteiger partial charge in [0.2, 0.25) is 6.79 Å². The summed E-state index contributed by atoms with van der Waals surface area (Å²) in [6, 6.07) is 14.5. The van der Waals surface area contributed by atoms with Crippen LogP contribution in [0.2, 0.25) is 0 Å². The molecule has 0 aliphatic carbocycles. The van der Waals surface area contributed by atoms with Crippen LogP contribution < -0.4 is 14.8 Å². The highest BCUT2D eigenvalue weighted by molar-refractivity contribution is 5.54. The lowest BCUT2D eigenvalue weighted by Crippen LogP contribution is -2.03. The molecule has 0 atom stereocenters. The number of rotatable bonds is 5. The van der Waals surface area contributed by atoms with Crippen LogP contribution in [-0.2, 0) is 13.0 Å². The van der Waals surface area contributed by atoms with Gasteiger partial charge in [0.1, 0.15) is 0 Å². The standard InChI is InChI=1S/C17H19NO2/c1-2-6-13-7-3-4-9-15(13)18-11-14-8-5-10-16-17(14)20-12-19-16/h3-5,7-10,18H,2,6,11-12H2,1H3. The Balaban J connectivity index is 1.76. The second kappa shape index (κ2) is 5.87. The lowest BCUT2D eigenvalue weighted by molar-refractivity contribution is 0.173. The predicted octanol–water partition coefficient (Wildman–Crippen LogP) is 3.98. The number of para-hydroxylation sites is 2. The van der Waals surface area contributed by atoms with Crippen LogP contribution in [0.5, 0.6) is 11.5 Å². The van der Waals surface area contributed by atoms with Crippen LogP contribution in [0.15, 0.2) is 42.5 Å². The van der Waals surface area contributed by atoms with Crippen molar-refractivity contribution in [3.05, 3.63) is 53.6 Å². The molecule has 0 spiro atoms. The second-order valence-electron chi connectivity index (χ2n) is 4.91. The van der Waals surface area contributed by atoms with E-state index in [4.69, 9.17) is 9.47 Å². The van der Waals surface area contributed by atoms with Gasteiger partial charge in [-0.05, 0) is 24.1 Å². The zero-order chi connectivity index (χ0) is 13.8. The monoisotopic (exact) mass is 269 g/mol. The molecule has 0 fully saturated rings. The van der Waals surface area contributed by atoms with E-state index in [1.165, 1.54) is 11.3 Å². The molecular weight excluding hydrogens is 250 g/mol. The molecule has 0 amide bonds. The number of anilines is 1. The van der Waals surface area contributed by atoms with Crippen molar-refractivity contribution in [1.82, 2.24) is 0 Å². The summed E-state index contributed by atoms with van der Waals surface area (Å²) < 4.78 is 10.9. The van der Waals surface area contributed by atoms with Gasteiger partial charge in [-0.2, -0.15) is 0 Å². The normalized spacial score (nSPS) is 12.4. The Morgan fingerprint density at radius 1 is 1.00 bits per heavy atom. The summed E-state index contributed by atoms with van der Waals surface area (Å²) in [5.41, 5.74) is 3.69. The van der Waals surface area contributed by atoms with Crippen molar-refractivity contribution in [2.45, 2.75) is 26.3 Å². The van der Waals surface area contributed by atoms with Crippen molar-refractivity contribution >= 4 is 5.69 Å². The topological polar surface area (TPSA) is 30.5 Å². The maximum absolute atomic E-state index is 5.53. The minimum atomic E-state index is 0.318. The lowest BCUT2D eigenvalue weighted by atomic mass is 10.1. The minimum Gasteiger partial charge on any atom is -0.454 e. The first kappa shape index (κ1) is 12.9. The Bertz CT molecular complexity index is 595. The van der Waals surface area contributed by atoms with Gasteiger partial charge in [0.25, 0.3) is 0 Å². The minimum absolute atomic E-state index is 0.318. The maximum Gasteiger partial charge on any atom is 0.231 e. The molecule has 0 saturated carbocycles. The van der Waals surface area contributed by atoms with Gasteiger partial charge in [-0.15, -0.1) is 0 Å². The third kappa shape index (κ3) is 2.57. The summed E-state index contributed by atoms with van der Waals surface area (Å²) in [4.78, 5) is 0. The number of nitrogens with one attached hydrogen (secondary N) is 1. The van der Waals surface area contributed by atoms with Crippen LogP contribution in [0.25, 0.3) is 0 Å². The lowest BCUT2D eigenvalue weighted by Gasteiger charge is -2.12. The largest absolute Gasteiger partial charge is 0.454 e. The maximum atomic E-state index is 5.53. The third-order valence-corrected chi connectivity index (χ3v) is 3.48. The third-order valence-electron chi connectivity index (χ3n) is 3.48. The molecule has 0 radical (unpaired) electrons. The number of hydrogen-bond acceptors (Lipinski definition) is 3. The van der Waals surface area contributed by atoms with Gasteiger partial charge in [-0.25, -0.2) is 0 Å². The molecule has 3 rings (SSSR count). The van der Waals surface area contributed by atoms with Crippen LogP contribution in [-0.4, -0.2) is 6.79 Å². The highest BCUT2D eigenvalue weighted by atomic mass is 16.7. The smallest absolute Gasteiger partial charge is 0.231 e. The Hall–Kier alpha value is -2.16. The number of benzene rings is 2. The van der Waals surface area contributed by atoms with Crippen LogP contribution in [0, 0.1) is 0 Å². The average molecular weight is 269 g/mol. The SMILES string of the molecule is CCCc1ccccc1NCc1cccc2c1OCO2. The first-order valence-corrected chi connectivity index (χ1v) is 7.07. The quantitative estimate of drug-likeness (QED) is 0.890. The Morgan fingerprint density at radius 2 is 1.85 bits per heavy atom. The summed E-state index contributed by atoms with van der Waals surface area (Å²) in [5, 5.41) is 3.51. The van der Waals surface area contributed by atoms with E-state index < -0.39 is 0 Å². The fourth-order valence-electron chi connectivity index (χ4n) is 2.50. The Kier molecular flexibility index (Phi) is 3.77. The van der Waals surface area contributed by atoms with E-state index in [0.29, 0.717) is 6.79 Å². The van der Waals surface area contributed by atoms with Gasteiger partial charge in [-0.3, -0.25) is 0 Å². The van der Waals surface area contributed by atoms with Crippen LogP contribution in [0.4, 0.5) is 5.69 Å². The van der Waals surface area contributed by atoms with E-state index in [-0.39, 0.29) is 0 Å². The number of ether oxygens (including phenoxy) is 2. The van der Waals surface area contributed by atoms with E-state index in [2.05, 4.69) is 42.6 Å². The molecule has 1 N–H and O–H groups in total. The highest BCUT2D eigenvalue weighted by Gasteiger charge is 2.16. The Morgan fingerprint density at radius 3 is 2.75 bits per heavy atom. The van der Waals surface area contributed by atoms with Crippen molar-refractivity contribution in [1.29, 1.82) is 0 Å². The Labute approximate surface area is 119 Å². The molecule has 3 heteroatoms. The average Bonchev–Trinajstić information content (AvgIpc) is 2.96.